The van der Waals surface area contributed by atoms with Gasteiger partial charge in [0.25, 0.3) is 0 Å². The quantitative estimate of drug-likeness (QED) is 0.153. The SMILES string of the molecule is COC(=O)[C@@H](NC(=O)OC(C)(C)C)[C@H](O)c1cc(-c2ccc(OCc3ccccc3)c(C3OCCCO3)c2)ccc1OCc1ccccc1. The van der Waals surface area contributed by atoms with Gasteiger partial charge in [-0.3, -0.25) is 0 Å². The summed E-state index contributed by atoms with van der Waals surface area (Å²) in [5.41, 5.74) is 3.56. The summed E-state index contributed by atoms with van der Waals surface area (Å²) in [6.07, 6.45) is -2.28. The summed E-state index contributed by atoms with van der Waals surface area (Å²) in [6, 6.07) is 28.9. The molecule has 0 aromatic heterocycles. The predicted molar refractivity (Wildman–Crippen MR) is 183 cm³/mol. The molecule has 5 rings (SSSR count). The molecule has 0 radical (unpaired) electrons. The number of alkyl carbamates (subject to hydrolysis) is 1. The van der Waals surface area contributed by atoms with Gasteiger partial charge in [-0.15, -0.1) is 0 Å². The molecule has 1 amide bonds. The molecule has 0 spiro atoms. The van der Waals surface area contributed by atoms with Crippen LogP contribution in [0.5, 0.6) is 11.5 Å². The molecule has 2 N–H and O–H groups in total. The average Bonchev–Trinajstić information content (AvgIpc) is 3.12. The highest BCUT2D eigenvalue weighted by atomic mass is 16.7. The van der Waals surface area contributed by atoms with Crippen molar-refractivity contribution in [3.05, 3.63) is 119 Å². The summed E-state index contributed by atoms with van der Waals surface area (Å²) in [6.45, 7) is 6.77. The fourth-order valence-corrected chi connectivity index (χ4v) is 5.28. The zero-order valence-corrected chi connectivity index (χ0v) is 28.2. The molecule has 2 atom stereocenters. The average molecular weight is 670 g/mol. The fourth-order valence-electron chi connectivity index (χ4n) is 5.28. The minimum Gasteiger partial charge on any atom is -0.489 e. The van der Waals surface area contributed by atoms with Gasteiger partial charge in [0.2, 0.25) is 0 Å². The van der Waals surface area contributed by atoms with Crippen molar-refractivity contribution >= 4 is 12.1 Å². The molecule has 1 saturated heterocycles. The first-order chi connectivity index (χ1) is 23.6. The van der Waals surface area contributed by atoms with Crippen LogP contribution in [0, 0.1) is 0 Å². The highest BCUT2D eigenvalue weighted by Crippen LogP contribution is 2.38. The highest BCUT2D eigenvalue weighted by Gasteiger charge is 2.34. The molecular formula is C39H43NO9. The van der Waals surface area contributed by atoms with Gasteiger partial charge in [0.05, 0.1) is 25.9 Å². The van der Waals surface area contributed by atoms with Gasteiger partial charge in [0.15, 0.2) is 12.3 Å². The topological polar surface area (TPSA) is 122 Å². The van der Waals surface area contributed by atoms with E-state index in [1.165, 1.54) is 7.11 Å². The van der Waals surface area contributed by atoms with E-state index in [0.29, 0.717) is 36.9 Å². The summed E-state index contributed by atoms with van der Waals surface area (Å²) in [4.78, 5) is 25.7. The summed E-state index contributed by atoms with van der Waals surface area (Å²) in [5, 5.41) is 14.2. The van der Waals surface area contributed by atoms with Gasteiger partial charge >= 0.3 is 12.1 Å². The molecule has 0 saturated carbocycles. The van der Waals surface area contributed by atoms with Crippen LogP contribution in [0.3, 0.4) is 0 Å². The summed E-state index contributed by atoms with van der Waals surface area (Å²) in [5.74, 6) is 0.0865. The standard InChI is InChI=1S/C39H43NO9/c1-39(2,3)49-38(43)40-34(36(42)44-4)35(41)30-22-28(16-18-32(30)47-24-26-12-7-5-8-13-26)29-17-19-33(48-25-27-14-9-6-10-15-27)31(23-29)37-45-20-11-21-46-37/h5-10,12-19,22-23,34-35,37,41H,11,20-21,24-25H2,1-4H3,(H,40,43)/t34-,35+/m0/s1. The number of nitrogens with one attached hydrogen (secondary N) is 1. The van der Waals surface area contributed by atoms with Crippen molar-refractivity contribution in [2.75, 3.05) is 20.3 Å². The molecule has 0 bridgehead atoms. The minimum absolute atomic E-state index is 0.205. The van der Waals surface area contributed by atoms with E-state index in [9.17, 15) is 14.7 Å². The van der Waals surface area contributed by atoms with Crippen LogP contribution in [0.15, 0.2) is 97.1 Å². The van der Waals surface area contributed by atoms with Crippen LogP contribution in [0.4, 0.5) is 4.79 Å². The minimum atomic E-state index is -1.57. The number of carbonyl (C=O) groups excluding carboxylic acids is 2. The zero-order valence-electron chi connectivity index (χ0n) is 28.2. The van der Waals surface area contributed by atoms with Gasteiger partial charge in [-0.05, 0) is 73.7 Å². The first kappa shape index (κ1) is 35.4. The number of ether oxygens (including phenoxy) is 6. The maximum absolute atomic E-state index is 13.0. The van der Waals surface area contributed by atoms with Gasteiger partial charge in [-0.25, -0.2) is 9.59 Å². The molecular weight excluding hydrogens is 626 g/mol. The molecule has 1 heterocycles. The van der Waals surface area contributed by atoms with E-state index in [2.05, 4.69) is 5.32 Å². The van der Waals surface area contributed by atoms with E-state index >= 15 is 0 Å². The van der Waals surface area contributed by atoms with Crippen LogP contribution in [0.2, 0.25) is 0 Å². The smallest absolute Gasteiger partial charge is 0.408 e. The third-order valence-electron chi connectivity index (χ3n) is 7.67. The van der Waals surface area contributed by atoms with Crippen LogP contribution in [-0.2, 0) is 37.0 Å². The molecule has 10 heteroatoms. The van der Waals surface area contributed by atoms with E-state index in [1.54, 1.807) is 32.9 Å². The maximum Gasteiger partial charge on any atom is 0.408 e. The highest BCUT2D eigenvalue weighted by molar-refractivity contribution is 5.82. The number of amides is 1. The number of hydrogen-bond acceptors (Lipinski definition) is 9. The second-order valence-electron chi connectivity index (χ2n) is 12.6. The summed E-state index contributed by atoms with van der Waals surface area (Å²) in [7, 11) is 1.18. The molecule has 0 unspecified atom stereocenters. The first-order valence-electron chi connectivity index (χ1n) is 16.2. The Morgan fingerprint density at radius 1 is 0.816 bits per heavy atom. The third-order valence-corrected chi connectivity index (χ3v) is 7.67. The van der Waals surface area contributed by atoms with Crippen molar-refractivity contribution in [2.45, 2.75) is 64.4 Å². The number of methoxy groups -OCH3 is 1. The number of carbonyl (C=O) groups is 2. The van der Waals surface area contributed by atoms with Crippen molar-refractivity contribution < 1.29 is 43.1 Å². The molecule has 1 fully saturated rings. The van der Waals surface area contributed by atoms with Gasteiger partial charge in [-0.1, -0.05) is 72.8 Å². The fraction of sp³-hybridized carbons (Fsp3) is 0.333. The Morgan fingerprint density at radius 3 is 1.94 bits per heavy atom. The summed E-state index contributed by atoms with van der Waals surface area (Å²) < 4.78 is 34.7. The number of rotatable bonds is 12. The Hall–Kier alpha value is -4.90. The third kappa shape index (κ3) is 9.82. The van der Waals surface area contributed by atoms with Crippen LogP contribution >= 0.6 is 0 Å². The molecule has 49 heavy (non-hydrogen) atoms. The number of esters is 1. The van der Waals surface area contributed by atoms with Crippen molar-refractivity contribution in [3.8, 4) is 22.6 Å². The maximum atomic E-state index is 13.0. The van der Waals surface area contributed by atoms with Crippen LogP contribution in [0.1, 0.15) is 61.8 Å². The molecule has 4 aromatic rings. The monoisotopic (exact) mass is 669 g/mol. The van der Waals surface area contributed by atoms with Crippen molar-refractivity contribution in [2.24, 2.45) is 0 Å². The Balaban J connectivity index is 1.51. The molecule has 1 aliphatic heterocycles. The summed E-state index contributed by atoms with van der Waals surface area (Å²) >= 11 is 0. The van der Waals surface area contributed by atoms with E-state index in [0.717, 1.165) is 28.7 Å². The Bertz CT molecular complexity index is 1680. The van der Waals surface area contributed by atoms with E-state index in [-0.39, 0.29) is 12.2 Å². The lowest BCUT2D eigenvalue weighted by Gasteiger charge is -2.27. The predicted octanol–water partition coefficient (Wildman–Crippen LogP) is 7.05. The zero-order chi connectivity index (χ0) is 34.8. The van der Waals surface area contributed by atoms with Gasteiger partial charge in [0.1, 0.15) is 36.4 Å². The normalized spacial score (nSPS) is 14.7. The van der Waals surface area contributed by atoms with Crippen molar-refractivity contribution in [3.63, 3.8) is 0 Å². The lowest BCUT2D eigenvalue weighted by molar-refractivity contribution is -0.183. The van der Waals surface area contributed by atoms with Crippen LogP contribution in [-0.4, -0.2) is 49.1 Å². The van der Waals surface area contributed by atoms with Crippen molar-refractivity contribution in [1.29, 1.82) is 0 Å². The molecule has 1 aliphatic rings. The number of aliphatic hydroxyl groups excluding tert-OH is 1. The van der Waals surface area contributed by atoms with E-state index < -0.39 is 36.1 Å². The van der Waals surface area contributed by atoms with E-state index in [1.807, 2.05) is 84.9 Å². The second kappa shape index (κ2) is 16.5. The van der Waals surface area contributed by atoms with Crippen molar-refractivity contribution in [1.82, 2.24) is 5.32 Å². The largest absolute Gasteiger partial charge is 0.489 e. The Labute approximate surface area is 286 Å². The first-order valence-corrected chi connectivity index (χ1v) is 16.2. The second-order valence-corrected chi connectivity index (χ2v) is 12.6. The van der Waals surface area contributed by atoms with Crippen LogP contribution in [0.25, 0.3) is 11.1 Å². The molecule has 258 valence electrons. The lowest BCUT2D eigenvalue weighted by Crippen LogP contribution is -2.47. The Kier molecular flexibility index (Phi) is 11.9. The lowest BCUT2D eigenvalue weighted by atomic mass is 9.95. The van der Waals surface area contributed by atoms with Gasteiger partial charge in [-0.2, -0.15) is 0 Å². The number of benzene rings is 4. The van der Waals surface area contributed by atoms with E-state index in [4.69, 9.17) is 28.4 Å². The molecule has 10 nitrogen and oxygen atoms in total. The van der Waals surface area contributed by atoms with Gasteiger partial charge < -0.3 is 38.8 Å². The Morgan fingerprint density at radius 2 is 1.37 bits per heavy atom. The molecule has 0 aliphatic carbocycles. The van der Waals surface area contributed by atoms with Crippen LogP contribution < -0.4 is 14.8 Å². The van der Waals surface area contributed by atoms with Gasteiger partial charge in [0, 0.05) is 5.56 Å². The number of aliphatic hydroxyl groups is 1. The molecule has 4 aromatic carbocycles. The number of hydrogen-bond donors (Lipinski definition) is 2.